The smallest absolute Gasteiger partial charge is 0.150 e. The second-order valence-electron chi connectivity index (χ2n) is 4.99. The van der Waals surface area contributed by atoms with Crippen LogP contribution in [-0.4, -0.2) is 33.5 Å². The van der Waals surface area contributed by atoms with Gasteiger partial charge in [-0.2, -0.15) is 0 Å². The molecule has 0 amide bonds. The van der Waals surface area contributed by atoms with Crippen LogP contribution >= 0.6 is 0 Å². The second-order valence-corrected chi connectivity index (χ2v) is 7.46. The van der Waals surface area contributed by atoms with Crippen LogP contribution in [0.1, 0.15) is 36.8 Å². The zero-order valence-corrected chi connectivity index (χ0v) is 13.0. The van der Waals surface area contributed by atoms with Gasteiger partial charge in [-0.1, -0.05) is 31.2 Å². The van der Waals surface area contributed by atoms with Gasteiger partial charge in [0.1, 0.15) is 9.84 Å². The number of likely N-dealkylation sites (N-methyl/N-ethyl adjacent to an activating group) is 1. The van der Waals surface area contributed by atoms with Gasteiger partial charge < -0.3 is 5.32 Å². The van der Waals surface area contributed by atoms with Crippen LogP contribution < -0.4 is 5.32 Å². The fourth-order valence-electron chi connectivity index (χ4n) is 2.35. The minimum Gasteiger partial charge on any atom is -0.319 e. The molecule has 0 bridgehead atoms. The molecule has 1 unspecified atom stereocenters. The molecule has 1 N–H and O–H groups in total. The standard InChI is InChI=1S/C15H25NO2S/c1-4-19(17,18)11-7-9-14(12-16-3)15-10-6-5-8-13(15)2/h5-6,8,10,14,16H,4,7,9,11-12H2,1-3H3. The number of hydrogen-bond donors (Lipinski definition) is 1. The summed E-state index contributed by atoms with van der Waals surface area (Å²) in [4.78, 5) is 0. The van der Waals surface area contributed by atoms with E-state index < -0.39 is 9.84 Å². The van der Waals surface area contributed by atoms with Crippen LogP contribution in [0.25, 0.3) is 0 Å². The van der Waals surface area contributed by atoms with Crippen molar-refractivity contribution in [1.29, 1.82) is 0 Å². The number of sulfone groups is 1. The number of rotatable bonds is 8. The van der Waals surface area contributed by atoms with Gasteiger partial charge in [0.25, 0.3) is 0 Å². The number of aryl methyl sites for hydroxylation is 1. The van der Waals surface area contributed by atoms with Crippen molar-refractivity contribution in [2.45, 2.75) is 32.6 Å². The molecule has 0 heterocycles. The van der Waals surface area contributed by atoms with E-state index in [0.29, 0.717) is 11.7 Å². The molecule has 1 rings (SSSR count). The van der Waals surface area contributed by atoms with Crippen LogP contribution in [0.4, 0.5) is 0 Å². The van der Waals surface area contributed by atoms with E-state index in [4.69, 9.17) is 0 Å². The molecule has 1 aromatic carbocycles. The van der Waals surface area contributed by atoms with Crippen LogP contribution in [0.3, 0.4) is 0 Å². The molecular weight excluding hydrogens is 258 g/mol. The maximum atomic E-state index is 11.5. The van der Waals surface area contributed by atoms with Crippen molar-refractivity contribution < 1.29 is 8.42 Å². The summed E-state index contributed by atoms with van der Waals surface area (Å²) in [5.74, 6) is 0.933. The predicted molar refractivity (Wildman–Crippen MR) is 81.4 cm³/mol. The Hall–Kier alpha value is -0.870. The molecule has 1 aromatic rings. The van der Waals surface area contributed by atoms with E-state index >= 15 is 0 Å². The molecule has 0 aliphatic rings. The Morgan fingerprint density at radius 3 is 2.53 bits per heavy atom. The van der Waals surface area contributed by atoms with E-state index in [1.54, 1.807) is 6.92 Å². The highest BCUT2D eigenvalue weighted by Crippen LogP contribution is 2.24. The molecular formula is C15H25NO2S. The van der Waals surface area contributed by atoms with Crippen LogP contribution in [0.15, 0.2) is 24.3 Å². The molecule has 3 nitrogen and oxygen atoms in total. The van der Waals surface area contributed by atoms with Gasteiger partial charge >= 0.3 is 0 Å². The maximum Gasteiger partial charge on any atom is 0.150 e. The first-order valence-electron chi connectivity index (χ1n) is 6.90. The first-order valence-corrected chi connectivity index (χ1v) is 8.73. The lowest BCUT2D eigenvalue weighted by molar-refractivity contribution is 0.561. The van der Waals surface area contributed by atoms with E-state index in [1.807, 2.05) is 19.2 Å². The van der Waals surface area contributed by atoms with Gasteiger partial charge in [-0.25, -0.2) is 8.42 Å². The minimum atomic E-state index is -2.84. The fraction of sp³-hybridized carbons (Fsp3) is 0.600. The predicted octanol–water partition coefficient (Wildman–Crippen LogP) is 2.51. The Bertz CT molecular complexity index is 483. The lowest BCUT2D eigenvalue weighted by Gasteiger charge is -2.19. The summed E-state index contributed by atoms with van der Waals surface area (Å²) in [6.07, 6.45) is 1.64. The number of hydrogen-bond acceptors (Lipinski definition) is 3. The SMILES string of the molecule is CCS(=O)(=O)CCCC(CNC)c1ccccc1C. The van der Waals surface area contributed by atoms with Gasteiger partial charge in [-0.05, 0) is 43.9 Å². The van der Waals surface area contributed by atoms with Crippen LogP contribution in [0.5, 0.6) is 0 Å². The Kier molecular flexibility index (Phi) is 6.52. The average Bonchev–Trinajstić information content (AvgIpc) is 2.38. The highest BCUT2D eigenvalue weighted by molar-refractivity contribution is 7.91. The van der Waals surface area contributed by atoms with E-state index in [-0.39, 0.29) is 5.75 Å². The topological polar surface area (TPSA) is 46.2 Å². The third-order valence-electron chi connectivity index (χ3n) is 3.53. The molecule has 19 heavy (non-hydrogen) atoms. The molecule has 1 atom stereocenters. The van der Waals surface area contributed by atoms with Gasteiger partial charge in [0.15, 0.2) is 0 Å². The van der Waals surface area contributed by atoms with Gasteiger partial charge in [-0.15, -0.1) is 0 Å². The highest BCUT2D eigenvalue weighted by atomic mass is 32.2. The van der Waals surface area contributed by atoms with Crippen LogP contribution in [0.2, 0.25) is 0 Å². The zero-order chi connectivity index (χ0) is 14.3. The van der Waals surface area contributed by atoms with E-state index in [1.165, 1.54) is 11.1 Å². The van der Waals surface area contributed by atoms with E-state index in [0.717, 1.165) is 19.4 Å². The van der Waals surface area contributed by atoms with Crippen molar-refractivity contribution in [2.24, 2.45) is 0 Å². The summed E-state index contributed by atoms with van der Waals surface area (Å²) >= 11 is 0. The summed E-state index contributed by atoms with van der Waals surface area (Å²) in [6, 6.07) is 8.34. The summed E-state index contributed by atoms with van der Waals surface area (Å²) in [5.41, 5.74) is 2.60. The van der Waals surface area contributed by atoms with Crippen molar-refractivity contribution in [3.8, 4) is 0 Å². The van der Waals surface area contributed by atoms with Gasteiger partial charge in [0, 0.05) is 12.3 Å². The minimum absolute atomic E-state index is 0.244. The lowest BCUT2D eigenvalue weighted by Crippen LogP contribution is -2.19. The molecule has 0 radical (unpaired) electrons. The summed E-state index contributed by atoms with van der Waals surface area (Å²) in [5, 5.41) is 3.21. The molecule has 0 aliphatic carbocycles. The normalized spacial score (nSPS) is 13.4. The monoisotopic (exact) mass is 283 g/mol. The van der Waals surface area contributed by atoms with Crippen LogP contribution in [0, 0.1) is 6.92 Å². The van der Waals surface area contributed by atoms with E-state index in [2.05, 4.69) is 24.4 Å². The highest BCUT2D eigenvalue weighted by Gasteiger charge is 2.14. The third-order valence-corrected chi connectivity index (χ3v) is 5.32. The Morgan fingerprint density at radius 2 is 1.95 bits per heavy atom. The molecule has 0 spiro atoms. The first kappa shape index (κ1) is 16.2. The lowest BCUT2D eigenvalue weighted by atomic mass is 9.91. The second kappa shape index (κ2) is 7.65. The molecule has 0 fully saturated rings. The number of nitrogens with one attached hydrogen (secondary N) is 1. The molecule has 108 valence electrons. The fourth-order valence-corrected chi connectivity index (χ4v) is 3.25. The van der Waals surface area contributed by atoms with Crippen molar-refractivity contribution in [3.05, 3.63) is 35.4 Å². The Morgan fingerprint density at radius 1 is 1.26 bits per heavy atom. The van der Waals surface area contributed by atoms with Crippen molar-refractivity contribution in [1.82, 2.24) is 5.32 Å². The molecule has 0 aromatic heterocycles. The quantitative estimate of drug-likeness (QED) is 0.797. The molecule has 0 saturated carbocycles. The van der Waals surface area contributed by atoms with Crippen molar-refractivity contribution >= 4 is 9.84 Å². The first-order chi connectivity index (χ1) is 9.00. The summed E-state index contributed by atoms with van der Waals surface area (Å²) in [6.45, 7) is 4.71. The number of benzene rings is 1. The van der Waals surface area contributed by atoms with Gasteiger partial charge in [0.2, 0.25) is 0 Å². The van der Waals surface area contributed by atoms with Gasteiger partial charge in [0.05, 0.1) is 5.75 Å². The van der Waals surface area contributed by atoms with Crippen LogP contribution in [-0.2, 0) is 9.84 Å². The Labute approximate surface area is 117 Å². The Balaban J connectivity index is 2.67. The zero-order valence-electron chi connectivity index (χ0n) is 12.1. The average molecular weight is 283 g/mol. The van der Waals surface area contributed by atoms with Gasteiger partial charge in [-0.3, -0.25) is 0 Å². The molecule has 0 aliphatic heterocycles. The maximum absolute atomic E-state index is 11.5. The molecule has 4 heteroatoms. The third kappa shape index (κ3) is 5.33. The van der Waals surface area contributed by atoms with E-state index in [9.17, 15) is 8.42 Å². The summed E-state index contributed by atoms with van der Waals surface area (Å²) < 4.78 is 23.1. The largest absolute Gasteiger partial charge is 0.319 e. The molecule has 0 saturated heterocycles. The summed E-state index contributed by atoms with van der Waals surface area (Å²) in [7, 11) is -0.904. The van der Waals surface area contributed by atoms with Crippen molar-refractivity contribution in [3.63, 3.8) is 0 Å². The van der Waals surface area contributed by atoms with Crippen molar-refractivity contribution in [2.75, 3.05) is 25.1 Å².